The molecule has 0 radical (unpaired) electrons. The van der Waals surface area contributed by atoms with Crippen molar-refractivity contribution in [3.63, 3.8) is 0 Å². The Balaban J connectivity index is 1.83. The zero-order valence-corrected chi connectivity index (χ0v) is 20.6. The second-order valence-electron chi connectivity index (χ2n) is 8.80. The van der Waals surface area contributed by atoms with Crippen molar-refractivity contribution < 1.29 is 14.4 Å². The fourth-order valence-corrected chi connectivity index (χ4v) is 3.76. The topological polar surface area (TPSA) is 78.5 Å². The first-order valence-electron chi connectivity index (χ1n) is 12.4. The molecular formula is C28H39N3O3. The number of hydrogen-bond donors (Lipinski definition) is 2. The lowest BCUT2D eigenvalue weighted by atomic mass is 10.1. The maximum absolute atomic E-state index is 12.9. The van der Waals surface area contributed by atoms with Gasteiger partial charge in [-0.05, 0) is 36.6 Å². The fourth-order valence-electron chi connectivity index (χ4n) is 3.76. The first-order valence-corrected chi connectivity index (χ1v) is 12.4. The normalized spacial score (nSPS) is 10.5. The number of nitrogens with one attached hydrogen (secondary N) is 2. The van der Waals surface area contributed by atoms with Crippen molar-refractivity contribution in [2.45, 2.75) is 71.8 Å². The number of nitrogens with zero attached hydrogens (tertiary/aromatic N) is 1. The van der Waals surface area contributed by atoms with Gasteiger partial charge in [-0.2, -0.15) is 0 Å². The highest BCUT2D eigenvalue weighted by molar-refractivity contribution is 5.95. The number of rotatable bonds is 15. The lowest BCUT2D eigenvalue weighted by molar-refractivity contribution is -0.137. The van der Waals surface area contributed by atoms with E-state index < -0.39 is 0 Å². The van der Waals surface area contributed by atoms with Crippen molar-refractivity contribution in [2.24, 2.45) is 0 Å². The Kier molecular flexibility index (Phi) is 12.5. The van der Waals surface area contributed by atoms with E-state index in [-0.39, 0.29) is 30.8 Å². The van der Waals surface area contributed by atoms with Crippen LogP contribution in [0, 0.1) is 6.92 Å². The summed E-state index contributed by atoms with van der Waals surface area (Å²) in [5.41, 5.74) is 2.70. The molecule has 6 heteroatoms. The van der Waals surface area contributed by atoms with Crippen molar-refractivity contribution in [3.8, 4) is 0 Å². The zero-order valence-electron chi connectivity index (χ0n) is 20.6. The minimum atomic E-state index is -0.344. The molecule has 0 spiro atoms. The molecule has 6 nitrogen and oxygen atoms in total. The predicted molar refractivity (Wildman–Crippen MR) is 137 cm³/mol. The number of carbonyl (C=O) groups is 3. The zero-order chi connectivity index (χ0) is 24.6. The molecule has 0 heterocycles. The summed E-state index contributed by atoms with van der Waals surface area (Å²) in [6.45, 7) is 4.31. The van der Waals surface area contributed by atoms with Crippen LogP contribution in [0.4, 0.5) is 5.69 Å². The number of aryl methyl sites for hydroxylation is 1. The minimum absolute atomic E-state index is 0.0308. The van der Waals surface area contributed by atoms with Gasteiger partial charge in [0, 0.05) is 18.7 Å². The molecule has 3 amide bonds. The molecule has 0 saturated heterocycles. The van der Waals surface area contributed by atoms with Crippen LogP contribution in [-0.2, 0) is 20.9 Å². The summed E-state index contributed by atoms with van der Waals surface area (Å²) in [4.78, 5) is 39.2. The molecule has 34 heavy (non-hydrogen) atoms. The van der Waals surface area contributed by atoms with E-state index >= 15 is 0 Å². The van der Waals surface area contributed by atoms with Crippen LogP contribution in [0.2, 0.25) is 0 Å². The van der Waals surface area contributed by atoms with Crippen LogP contribution in [-0.4, -0.2) is 35.7 Å². The Labute approximate surface area is 204 Å². The van der Waals surface area contributed by atoms with E-state index in [1.54, 1.807) is 11.0 Å². The largest absolute Gasteiger partial charge is 0.345 e. The Morgan fingerprint density at radius 2 is 1.53 bits per heavy atom. The first kappa shape index (κ1) is 27.1. The summed E-state index contributed by atoms with van der Waals surface area (Å²) in [6.07, 6.45) is 8.39. The third kappa shape index (κ3) is 11.1. The van der Waals surface area contributed by atoms with Gasteiger partial charge in [-0.25, -0.2) is 0 Å². The van der Waals surface area contributed by atoms with Gasteiger partial charge in [0.25, 0.3) is 0 Å². The molecule has 0 aliphatic rings. The number of carbonyl (C=O) groups excluding carboxylic acids is 3. The van der Waals surface area contributed by atoms with Gasteiger partial charge in [-0.15, -0.1) is 0 Å². The molecule has 0 aliphatic heterocycles. The molecule has 0 aliphatic carbocycles. The summed E-state index contributed by atoms with van der Waals surface area (Å²) < 4.78 is 0. The van der Waals surface area contributed by atoms with E-state index in [1.165, 1.54) is 25.7 Å². The molecule has 2 rings (SSSR count). The van der Waals surface area contributed by atoms with E-state index in [1.807, 2.05) is 55.5 Å². The van der Waals surface area contributed by atoms with Gasteiger partial charge in [0.05, 0.1) is 13.1 Å². The summed E-state index contributed by atoms with van der Waals surface area (Å²) in [7, 11) is 0. The van der Waals surface area contributed by atoms with Gasteiger partial charge in [0.2, 0.25) is 17.7 Å². The molecule has 0 aromatic heterocycles. The van der Waals surface area contributed by atoms with Gasteiger partial charge in [0.1, 0.15) is 0 Å². The maximum Gasteiger partial charge on any atom is 0.243 e. The maximum atomic E-state index is 12.9. The van der Waals surface area contributed by atoms with E-state index in [2.05, 4.69) is 17.6 Å². The minimum Gasteiger partial charge on any atom is -0.345 e. The van der Waals surface area contributed by atoms with Gasteiger partial charge >= 0.3 is 0 Å². The van der Waals surface area contributed by atoms with Crippen LogP contribution < -0.4 is 10.6 Å². The third-order valence-electron chi connectivity index (χ3n) is 5.65. The smallest absolute Gasteiger partial charge is 0.243 e. The SMILES string of the molecule is CCCCCCCCCC(=O)N(CC(=O)NCC(=O)Nc1cccc(C)c1)Cc1ccccc1. The molecule has 2 aromatic rings. The molecule has 0 saturated carbocycles. The van der Waals surface area contributed by atoms with E-state index in [4.69, 9.17) is 0 Å². The van der Waals surface area contributed by atoms with Crippen LogP contribution in [0.5, 0.6) is 0 Å². The highest BCUT2D eigenvalue weighted by Crippen LogP contribution is 2.12. The van der Waals surface area contributed by atoms with Gasteiger partial charge in [-0.3, -0.25) is 14.4 Å². The number of anilines is 1. The molecular weight excluding hydrogens is 426 g/mol. The van der Waals surface area contributed by atoms with Gasteiger partial charge in [-0.1, -0.05) is 87.9 Å². The van der Waals surface area contributed by atoms with Crippen molar-refractivity contribution in [1.29, 1.82) is 0 Å². The van der Waals surface area contributed by atoms with Crippen LogP contribution in [0.25, 0.3) is 0 Å². The summed E-state index contributed by atoms with van der Waals surface area (Å²) in [5, 5.41) is 5.41. The molecule has 0 unspecified atom stereocenters. The third-order valence-corrected chi connectivity index (χ3v) is 5.65. The lowest BCUT2D eigenvalue weighted by Gasteiger charge is -2.22. The van der Waals surface area contributed by atoms with Crippen LogP contribution >= 0.6 is 0 Å². The van der Waals surface area contributed by atoms with E-state index in [0.717, 1.165) is 30.4 Å². The van der Waals surface area contributed by atoms with Crippen molar-refractivity contribution in [2.75, 3.05) is 18.4 Å². The monoisotopic (exact) mass is 465 g/mol. The average Bonchev–Trinajstić information content (AvgIpc) is 2.82. The van der Waals surface area contributed by atoms with Crippen molar-refractivity contribution >= 4 is 23.4 Å². The fraction of sp³-hybridized carbons (Fsp3) is 0.464. The molecule has 2 aromatic carbocycles. The van der Waals surface area contributed by atoms with Crippen LogP contribution in [0.15, 0.2) is 54.6 Å². The highest BCUT2D eigenvalue weighted by atomic mass is 16.2. The Bertz CT molecular complexity index is 899. The predicted octanol–water partition coefficient (Wildman–Crippen LogP) is 5.22. The van der Waals surface area contributed by atoms with Gasteiger partial charge in [0.15, 0.2) is 0 Å². The van der Waals surface area contributed by atoms with Crippen LogP contribution in [0.3, 0.4) is 0 Å². The van der Waals surface area contributed by atoms with E-state index in [0.29, 0.717) is 18.7 Å². The van der Waals surface area contributed by atoms with Crippen LogP contribution in [0.1, 0.15) is 69.4 Å². The van der Waals surface area contributed by atoms with Gasteiger partial charge < -0.3 is 15.5 Å². The summed E-state index contributed by atoms with van der Waals surface area (Å²) in [5.74, 6) is -0.678. The molecule has 0 fully saturated rings. The Hall–Kier alpha value is -3.15. The number of benzene rings is 2. The second kappa shape index (κ2) is 15.6. The molecule has 2 N–H and O–H groups in total. The highest BCUT2D eigenvalue weighted by Gasteiger charge is 2.18. The molecule has 0 atom stereocenters. The average molecular weight is 466 g/mol. The number of unbranched alkanes of at least 4 members (excludes halogenated alkanes) is 6. The lowest BCUT2D eigenvalue weighted by Crippen LogP contribution is -2.42. The molecule has 184 valence electrons. The van der Waals surface area contributed by atoms with Crippen molar-refractivity contribution in [1.82, 2.24) is 10.2 Å². The van der Waals surface area contributed by atoms with Crippen molar-refractivity contribution in [3.05, 3.63) is 65.7 Å². The number of amides is 3. The number of hydrogen-bond acceptors (Lipinski definition) is 3. The Morgan fingerprint density at radius 1 is 0.824 bits per heavy atom. The first-order chi connectivity index (χ1) is 16.5. The molecule has 0 bridgehead atoms. The quantitative estimate of drug-likeness (QED) is 0.354. The summed E-state index contributed by atoms with van der Waals surface area (Å²) in [6, 6.07) is 17.1. The second-order valence-corrected chi connectivity index (χ2v) is 8.80. The standard InChI is InChI=1S/C28H39N3O3/c1-3-4-5-6-7-8-12-18-28(34)31(21-24-15-10-9-11-16-24)22-27(33)29-20-26(32)30-25-17-13-14-23(2)19-25/h9-11,13-17,19H,3-8,12,18,20-22H2,1-2H3,(H,29,33)(H,30,32). The Morgan fingerprint density at radius 3 is 2.24 bits per heavy atom. The summed E-state index contributed by atoms with van der Waals surface area (Å²) >= 11 is 0. The van der Waals surface area contributed by atoms with E-state index in [9.17, 15) is 14.4 Å².